The predicted octanol–water partition coefficient (Wildman–Crippen LogP) is 5.82. The number of nitrogens with zero attached hydrogens (tertiary/aromatic N) is 3. The maximum Gasteiger partial charge on any atom is 0.358 e. The van der Waals surface area contributed by atoms with Crippen LogP contribution in [0, 0.1) is 5.92 Å². The lowest BCUT2D eigenvalue weighted by Gasteiger charge is -2.32. The van der Waals surface area contributed by atoms with Gasteiger partial charge in [0.2, 0.25) is 0 Å². The SMILES string of the molecule is CCOC(=O)c1cc(-c2ccc(OC)cc2)n(-c2ccc(C(=O)N3CCC(Cc4ccccc4)CC3)cc2)n1. The van der Waals surface area contributed by atoms with Crippen LogP contribution in [0.4, 0.5) is 0 Å². The van der Waals surface area contributed by atoms with Crippen molar-refractivity contribution in [2.75, 3.05) is 26.8 Å². The van der Waals surface area contributed by atoms with E-state index in [9.17, 15) is 9.59 Å². The van der Waals surface area contributed by atoms with E-state index in [0.29, 0.717) is 11.5 Å². The molecule has 0 unspecified atom stereocenters. The highest BCUT2D eigenvalue weighted by Crippen LogP contribution is 2.27. The van der Waals surface area contributed by atoms with Gasteiger partial charge in [-0.1, -0.05) is 30.3 Å². The number of rotatable bonds is 8. The van der Waals surface area contributed by atoms with E-state index in [0.717, 1.165) is 55.0 Å². The minimum Gasteiger partial charge on any atom is -0.497 e. The number of hydrogen-bond donors (Lipinski definition) is 0. The third-order valence-electron chi connectivity index (χ3n) is 7.21. The Balaban J connectivity index is 1.31. The fourth-order valence-electron chi connectivity index (χ4n) is 5.07. The van der Waals surface area contributed by atoms with Gasteiger partial charge < -0.3 is 14.4 Å². The lowest BCUT2D eigenvalue weighted by atomic mass is 9.90. The normalized spacial score (nSPS) is 13.7. The van der Waals surface area contributed by atoms with Crippen molar-refractivity contribution in [3.8, 4) is 22.7 Å². The van der Waals surface area contributed by atoms with Gasteiger partial charge >= 0.3 is 5.97 Å². The van der Waals surface area contributed by atoms with Gasteiger partial charge in [0, 0.05) is 24.2 Å². The minimum absolute atomic E-state index is 0.0442. The topological polar surface area (TPSA) is 73.7 Å². The summed E-state index contributed by atoms with van der Waals surface area (Å²) in [5.74, 6) is 0.905. The van der Waals surface area contributed by atoms with Crippen LogP contribution in [0.5, 0.6) is 5.75 Å². The zero-order valence-corrected chi connectivity index (χ0v) is 22.4. The van der Waals surface area contributed by atoms with E-state index in [1.165, 1.54) is 5.56 Å². The van der Waals surface area contributed by atoms with Crippen LogP contribution in [0.25, 0.3) is 16.9 Å². The number of likely N-dealkylation sites (tertiary alicyclic amines) is 1. The zero-order valence-electron chi connectivity index (χ0n) is 22.4. The number of carbonyl (C=O) groups is 2. The van der Waals surface area contributed by atoms with Gasteiger partial charge in [0.25, 0.3) is 5.91 Å². The molecule has 4 aromatic rings. The molecule has 39 heavy (non-hydrogen) atoms. The zero-order chi connectivity index (χ0) is 27.2. The van der Waals surface area contributed by atoms with E-state index in [1.54, 1.807) is 24.8 Å². The molecule has 0 spiro atoms. The number of carbonyl (C=O) groups excluding carboxylic acids is 2. The predicted molar refractivity (Wildman–Crippen MR) is 150 cm³/mol. The summed E-state index contributed by atoms with van der Waals surface area (Å²) in [6, 6.07) is 27.2. The van der Waals surface area contributed by atoms with Crippen molar-refractivity contribution in [2.24, 2.45) is 5.92 Å². The molecule has 2 heterocycles. The van der Waals surface area contributed by atoms with Gasteiger partial charge in [0.15, 0.2) is 5.69 Å². The first-order valence-electron chi connectivity index (χ1n) is 13.4. The Bertz CT molecular complexity index is 1400. The molecule has 0 saturated carbocycles. The van der Waals surface area contributed by atoms with Crippen molar-refractivity contribution in [3.05, 3.63) is 102 Å². The molecule has 1 aliphatic rings. The lowest BCUT2D eigenvalue weighted by Crippen LogP contribution is -2.38. The third-order valence-corrected chi connectivity index (χ3v) is 7.21. The molecular formula is C32H33N3O4. The summed E-state index contributed by atoms with van der Waals surface area (Å²) in [4.78, 5) is 27.7. The van der Waals surface area contributed by atoms with Gasteiger partial charge in [-0.05, 0) is 92.3 Å². The van der Waals surface area contributed by atoms with E-state index >= 15 is 0 Å². The number of benzene rings is 3. The molecule has 1 aromatic heterocycles. The van der Waals surface area contributed by atoms with Crippen molar-refractivity contribution >= 4 is 11.9 Å². The van der Waals surface area contributed by atoms with Crippen molar-refractivity contribution in [2.45, 2.75) is 26.2 Å². The Morgan fingerprint density at radius 2 is 1.62 bits per heavy atom. The van der Waals surface area contributed by atoms with Crippen LogP contribution in [0.3, 0.4) is 0 Å². The fraction of sp³-hybridized carbons (Fsp3) is 0.281. The van der Waals surface area contributed by atoms with Gasteiger partial charge in [0.1, 0.15) is 5.75 Å². The minimum atomic E-state index is -0.478. The number of esters is 1. The van der Waals surface area contributed by atoms with Gasteiger partial charge in [-0.15, -0.1) is 0 Å². The van der Waals surface area contributed by atoms with E-state index < -0.39 is 5.97 Å². The van der Waals surface area contributed by atoms with Crippen molar-refractivity contribution in [1.82, 2.24) is 14.7 Å². The maximum atomic E-state index is 13.3. The number of ether oxygens (including phenoxy) is 2. The highest BCUT2D eigenvalue weighted by atomic mass is 16.5. The Morgan fingerprint density at radius 1 is 0.923 bits per heavy atom. The van der Waals surface area contributed by atoms with Crippen LogP contribution >= 0.6 is 0 Å². The molecule has 1 saturated heterocycles. The Hall–Kier alpha value is -4.39. The van der Waals surface area contributed by atoms with E-state index in [-0.39, 0.29) is 18.2 Å². The average Bonchev–Trinajstić information content (AvgIpc) is 3.44. The Kier molecular flexibility index (Phi) is 8.06. The number of hydrogen-bond acceptors (Lipinski definition) is 5. The quantitative estimate of drug-likeness (QED) is 0.272. The second-order valence-electron chi connectivity index (χ2n) is 9.75. The van der Waals surface area contributed by atoms with E-state index in [1.807, 2.05) is 59.5 Å². The second-order valence-corrected chi connectivity index (χ2v) is 9.75. The number of amides is 1. The smallest absolute Gasteiger partial charge is 0.358 e. The summed E-state index contributed by atoms with van der Waals surface area (Å²) < 4.78 is 12.2. The third kappa shape index (κ3) is 6.03. The number of piperidine rings is 1. The summed E-state index contributed by atoms with van der Waals surface area (Å²) in [5, 5.41) is 4.54. The molecule has 0 bridgehead atoms. The van der Waals surface area contributed by atoms with E-state index in [4.69, 9.17) is 9.47 Å². The molecule has 0 aliphatic carbocycles. The second kappa shape index (κ2) is 12.0. The van der Waals surface area contributed by atoms with E-state index in [2.05, 4.69) is 29.4 Å². The molecular weight excluding hydrogens is 490 g/mol. The summed E-state index contributed by atoms with van der Waals surface area (Å²) >= 11 is 0. The van der Waals surface area contributed by atoms with Crippen LogP contribution in [-0.2, 0) is 11.2 Å². The molecule has 0 radical (unpaired) electrons. The molecule has 0 atom stereocenters. The molecule has 1 aliphatic heterocycles. The van der Waals surface area contributed by atoms with Gasteiger partial charge in [0.05, 0.1) is 25.1 Å². The van der Waals surface area contributed by atoms with Crippen molar-refractivity contribution < 1.29 is 19.1 Å². The first kappa shape index (κ1) is 26.2. The van der Waals surface area contributed by atoms with Crippen LogP contribution < -0.4 is 4.74 Å². The summed E-state index contributed by atoms with van der Waals surface area (Å²) in [6.07, 6.45) is 3.08. The van der Waals surface area contributed by atoms with Gasteiger partial charge in [-0.3, -0.25) is 4.79 Å². The molecule has 200 valence electrons. The number of aromatic nitrogens is 2. The monoisotopic (exact) mass is 523 g/mol. The summed E-state index contributed by atoms with van der Waals surface area (Å²) in [6.45, 7) is 3.56. The van der Waals surface area contributed by atoms with Crippen LogP contribution in [-0.4, -0.2) is 53.4 Å². The lowest BCUT2D eigenvalue weighted by molar-refractivity contribution is 0.0518. The highest BCUT2D eigenvalue weighted by Gasteiger charge is 2.24. The van der Waals surface area contributed by atoms with Gasteiger partial charge in [-0.2, -0.15) is 5.10 Å². The molecule has 7 nitrogen and oxygen atoms in total. The molecule has 3 aromatic carbocycles. The maximum absolute atomic E-state index is 13.3. The highest BCUT2D eigenvalue weighted by molar-refractivity contribution is 5.94. The molecule has 1 fully saturated rings. The van der Waals surface area contributed by atoms with Crippen LogP contribution in [0.1, 0.15) is 46.2 Å². The van der Waals surface area contributed by atoms with Gasteiger partial charge in [-0.25, -0.2) is 9.48 Å². The first-order chi connectivity index (χ1) is 19.1. The Labute approximate surface area is 229 Å². The first-order valence-corrected chi connectivity index (χ1v) is 13.4. The Morgan fingerprint density at radius 3 is 2.26 bits per heavy atom. The molecule has 1 amide bonds. The average molecular weight is 524 g/mol. The fourth-order valence-corrected chi connectivity index (χ4v) is 5.07. The van der Waals surface area contributed by atoms with Crippen LogP contribution in [0.15, 0.2) is 84.9 Å². The largest absolute Gasteiger partial charge is 0.497 e. The molecule has 0 N–H and O–H groups in total. The standard InChI is InChI=1S/C32H33N3O4/c1-3-39-32(37)29-22-30(25-11-15-28(38-2)16-12-25)35(33-29)27-13-9-26(10-14-27)31(36)34-19-17-24(18-20-34)21-23-7-5-4-6-8-23/h4-16,22,24H,3,17-21H2,1-2H3. The van der Waals surface area contributed by atoms with Crippen molar-refractivity contribution in [1.29, 1.82) is 0 Å². The van der Waals surface area contributed by atoms with Crippen LogP contribution in [0.2, 0.25) is 0 Å². The van der Waals surface area contributed by atoms with Crippen molar-refractivity contribution in [3.63, 3.8) is 0 Å². The summed E-state index contributed by atoms with van der Waals surface area (Å²) in [7, 11) is 1.62. The number of methoxy groups -OCH3 is 1. The summed E-state index contributed by atoms with van der Waals surface area (Å²) in [5.41, 5.74) is 4.58. The molecule has 5 rings (SSSR count). The molecule has 7 heteroatoms.